The Kier molecular flexibility index (Phi) is 6.65. The zero-order chi connectivity index (χ0) is 17.9. The summed E-state index contributed by atoms with van der Waals surface area (Å²) in [5, 5.41) is 0. The van der Waals surface area contributed by atoms with Crippen LogP contribution in [0, 0.1) is 17.3 Å². The maximum absolute atomic E-state index is 4.51. The van der Waals surface area contributed by atoms with Crippen LogP contribution in [0.2, 0.25) is 0 Å². The first-order valence-electron chi connectivity index (χ1n) is 11.2. The highest BCUT2D eigenvalue weighted by atomic mass is 15.2. The molecule has 0 radical (unpaired) electrons. The van der Waals surface area contributed by atoms with Crippen molar-refractivity contribution in [2.75, 3.05) is 32.7 Å². The lowest BCUT2D eigenvalue weighted by molar-refractivity contribution is -0.0328. The van der Waals surface area contributed by atoms with E-state index in [0.717, 1.165) is 17.9 Å². The summed E-state index contributed by atoms with van der Waals surface area (Å²) in [4.78, 5) is 5.33. The van der Waals surface area contributed by atoms with Crippen LogP contribution in [0.25, 0.3) is 0 Å². The van der Waals surface area contributed by atoms with Gasteiger partial charge in [-0.25, -0.2) is 0 Å². The van der Waals surface area contributed by atoms with Crippen molar-refractivity contribution in [1.29, 1.82) is 0 Å². The van der Waals surface area contributed by atoms with E-state index in [2.05, 4.69) is 37.1 Å². The van der Waals surface area contributed by atoms with E-state index >= 15 is 0 Å². The zero-order valence-corrected chi connectivity index (χ0v) is 17.2. The molecule has 0 aromatic heterocycles. The molecule has 0 aromatic carbocycles. The fourth-order valence-electron chi connectivity index (χ4n) is 5.54. The molecule has 3 aliphatic rings. The van der Waals surface area contributed by atoms with Gasteiger partial charge in [0.15, 0.2) is 0 Å². The standard InChI is InChI=1S/C23H42N2/c1-5-14-24-15-10-21(11-16-24)6-7-22-9-13-23(12-8-20(22)4)17-25(18-23)19(2)3/h19,21-22H,4-18H2,1-3H3. The molecule has 1 unspecified atom stereocenters. The Morgan fingerprint density at radius 3 is 2.44 bits per heavy atom. The van der Waals surface area contributed by atoms with Crippen LogP contribution in [0.4, 0.5) is 0 Å². The van der Waals surface area contributed by atoms with Gasteiger partial charge in [0.25, 0.3) is 0 Å². The Hall–Kier alpha value is -0.340. The van der Waals surface area contributed by atoms with Crippen molar-refractivity contribution in [3.8, 4) is 0 Å². The summed E-state index contributed by atoms with van der Waals surface area (Å²) < 4.78 is 0. The second-order valence-electron chi connectivity index (χ2n) is 9.75. The van der Waals surface area contributed by atoms with Crippen LogP contribution in [0.1, 0.15) is 78.6 Å². The van der Waals surface area contributed by atoms with Crippen molar-refractivity contribution >= 4 is 0 Å². The summed E-state index contributed by atoms with van der Waals surface area (Å²) in [6, 6.07) is 0.728. The second kappa shape index (κ2) is 8.57. The lowest BCUT2D eigenvalue weighted by Crippen LogP contribution is -2.58. The quantitative estimate of drug-likeness (QED) is 0.599. The average molecular weight is 347 g/mol. The zero-order valence-electron chi connectivity index (χ0n) is 17.2. The smallest absolute Gasteiger partial charge is 0.00533 e. The third-order valence-corrected chi connectivity index (χ3v) is 7.55. The largest absolute Gasteiger partial charge is 0.303 e. The monoisotopic (exact) mass is 346 g/mol. The van der Waals surface area contributed by atoms with E-state index in [4.69, 9.17) is 0 Å². The normalized spacial score (nSPS) is 29.1. The van der Waals surface area contributed by atoms with Crippen molar-refractivity contribution in [2.24, 2.45) is 17.3 Å². The highest BCUT2D eigenvalue weighted by Gasteiger charge is 2.44. The molecule has 0 bridgehead atoms. The van der Waals surface area contributed by atoms with Gasteiger partial charge in [-0.05, 0) is 109 Å². The van der Waals surface area contributed by atoms with E-state index in [1.807, 2.05) is 0 Å². The van der Waals surface area contributed by atoms with E-state index in [-0.39, 0.29) is 0 Å². The summed E-state index contributed by atoms with van der Waals surface area (Å²) in [7, 11) is 0. The van der Waals surface area contributed by atoms with Crippen molar-refractivity contribution in [3.05, 3.63) is 12.2 Å². The fraction of sp³-hybridized carbons (Fsp3) is 0.913. The molecule has 0 N–H and O–H groups in total. The first-order valence-corrected chi connectivity index (χ1v) is 11.2. The molecule has 2 heterocycles. The number of nitrogens with zero attached hydrogens (tertiary/aromatic N) is 2. The molecule has 1 saturated carbocycles. The van der Waals surface area contributed by atoms with Crippen LogP contribution in [0.15, 0.2) is 12.2 Å². The van der Waals surface area contributed by atoms with E-state index in [1.165, 1.54) is 90.5 Å². The highest BCUT2D eigenvalue weighted by Crippen LogP contribution is 2.47. The maximum atomic E-state index is 4.51. The number of allylic oxidation sites excluding steroid dienone is 1. The van der Waals surface area contributed by atoms with Gasteiger partial charge in [0, 0.05) is 19.1 Å². The molecule has 25 heavy (non-hydrogen) atoms. The van der Waals surface area contributed by atoms with Crippen molar-refractivity contribution in [1.82, 2.24) is 9.80 Å². The highest BCUT2D eigenvalue weighted by molar-refractivity contribution is 5.08. The van der Waals surface area contributed by atoms with Crippen molar-refractivity contribution < 1.29 is 0 Å². The molecular formula is C23H42N2. The molecule has 1 spiro atoms. The van der Waals surface area contributed by atoms with E-state index < -0.39 is 0 Å². The first kappa shape index (κ1) is 19.4. The summed E-state index contributed by atoms with van der Waals surface area (Å²) in [6.07, 6.45) is 12.6. The van der Waals surface area contributed by atoms with Crippen LogP contribution >= 0.6 is 0 Å². The van der Waals surface area contributed by atoms with Gasteiger partial charge in [-0.1, -0.05) is 19.1 Å². The van der Waals surface area contributed by atoms with Gasteiger partial charge in [0.05, 0.1) is 0 Å². The first-order chi connectivity index (χ1) is 12.0. The predicted molar refractivity (Wildman–Crippen MR) is 109 cm³/mol. The molecule has 2 nitrogen and oxygen atoms in total. The van der Waals surface area contributed by atoms with E-state index in [0.29, 0.717) is 5.41 Å². The fourth-order valence-corrected chi connectivity index (χ4v) is 5.54. The molecule has 144 valence electrons. The molecule has 0 aromatic rings. The molecule has 2 saturated heterocycles. The number of hydrogen-bond acceptors (Lipinski definition) is 2. The minimum Gasteiger partial charge on any atom is -0.303 e. The number of likely N-dealkylation sites (tertiary alicyclic amines) is 2. The Labute approximate surface area is 157 Å². The molecular weight excluding hydrogens is 304 g/mol. The van der Waals surface area contributed by atoms with Crippen LogP contribution in [0.5, 0.6) is 0 Å². The van der Waals surface area contributed by atoms with Gasteiger partial charge in [0.2, 0.25) is 0 Å². The molecule has 2 heteroatoms. The molecule has 3 rings (SSSR count). The Morgan fingerprint density at radius 2 is 1.80 bits per heavy atom. The number of hydrogen-bond donors (Lipinski definition) is 0. The molecule has 0 amide bonds. The van der Waals surface area contributed by atoms with Crippen LogP contribution in [-0.2, 0) is 0 Å². The summed E-state index contributed by atoms with van der Waals surface area (Å²) in [5.74, 6) is 1.81. The topological polar surface area (TPSA) is 6.48 Å². The van der Waals surface area contributed by atoms with Crippen molar-refractivity contribution in [3.63, 3.8) is 0 Å². The van der Waals surface area contributed by atoms with Gasteiger partial charge < -0.3 is 4.90 Å². The molecule has 1 atom stereocenters. The maximum Gasteiger partial charge on any atom is 0.00533 e. The summed E-state index contributed by atoms with van der Waals surface area (Å²) >= 11 is 0. The number of piperidine rings is 1. The minimum atomic E-state index is 0.646. The van der Waals surface area contributed by atoms with Crippen LogP contribution in [0.3, 0.4) is 0 Å². The van der Waals surface area contributed by atoms with E-state index in [9.17, 15) is 0 Å². The molecule has 2 aliphatic heterocycles. The molecule has 3 fully saturated rings. The third kappa shape index (κ3) is 4.89. The van der Waals surface area contributed by atoms with Gasteiger partial charge >= 0.3 is 0 Å². The van der Waals surface area contributed by atoms with Gasteiger partial charge in [0.1, 0.15) is 0 Å². The number of rotatable bonds is 6. The van der Waals surface area contributed by atoms with Crippen LogP contribution < -0.4 is 0 Å². The minimum absolute atomic E-state index is 0.646. The third-order valence-electron chi connectivity index (χ3n) is 7.55. The lowest BCUT2D eigenvalue weighted by Gasteiger charge is -2.52. The molecule has 1 aliphatic carbocycles. The van der Waals surface area contributed by atoms with Crippen molar-refractivity contribution in [2.45, 2.75) is 84.6 Å². The predicted octanol–water partition coefficient (Wildman–Crippen LogP) is 5.35. The lowest BCUT2D eigenvalue weighted by atomic mass is 9.72. The van der Waals surface area contributed by atoms with Gasteiger partial charge in [-0.3, -0.25) is 4.90 Å². The van der Waals surface area contributed by atoms with E-state index in [1.54, 1.807) is 5.57 Å². The SMILES string of the molecule is C=C1CCC2(CCC1CCC1CCN(CCC)CC1)CN(C(C)C)C2. The second-order valence-corrected chi connectivity index (χ2v) is 9.75. The Balaban J connectivity index is 1.41. The Bertz CT molecular complexity index is 427. The van der Waals surface area contributed by atoms with Crippen LogP contribution in [-0.4, -0.2) is 48.6 Å². The summed E-state index contributed by atoms with van der Waals surface area (Å²) in [6.45, 7) is 18.2. The van der Waals surface area contributed by atoms with Gasteiger partial charge in [-0.2, -0.15) is 0 Å². The summed E-state index contributed by atoms with van der Waals surface area (Å²) in [5.41, 5.74) is 2.23. The van der Waals surface area contributed by atoms with Gasteiger partial charge in [-0.15, -0.1) is 0 Å². The Morgan fingerprint density at radius 1 is 1.08 bits per heavy atom. The average Bonchev–Trinajstić information content (AvgIpc) is 2.72.